The minimum Gasteiger partial charge on any atom is -0.206 e. The number of benzene rings is 3. The Labute approximate surface area is 163 Å². The predicted molar refractivity (Wildman–Crippen MR) is 106 cm³/mol. The van der Waals surface area contributed by atoms with Gasteiger partial charge in [-0.25, -0.2) is 4.39 Å². The molecule has 0 saturated heterocycles. The number of rotatable bonds is 7. The highest BCUT2D eigenvalue weighted by Crippen LogP contribution is 2.34. The fraction of sp³-hybridized carbons (Fsp3) is 0.333. The van der Waals surface area contributed by atoms with Crippen molar-refractivity contribution >= 4 is 10.8 Å². The summed E-state index contributed by atoms with van der Waals surface area (Å²) in [5.74, 6) is -1.20. The Morgan fingerprint density at radius 1 is 0.714 bits per heavy atom. The predicted octanol–water partition coefficient (Wildman–Crippen LogP) is 7.52. The zero-order valence-corrected chi connectivity index (χ0v) is 16.0. The molecule has 4 heteroatoms. The molecule has 0 saturated carbocycles. The lowest BCUT2D eigenvalue weighted by Gasteiger charge is -2.11. The quantitative estimate of drug-likeness (QED) is 0.290. The number of hydrogen-bond acceptors (Lipinski definition) is 0. The first-order chi connectivity index (χ1) is 13.4. The van der Waals surface area contributed by atoms with Gasteiger partial charge in [-0.3, -0.25) is 0 Å². The minimum atomic E-state index is -4.68. The molecule has 0 unspecified atom stereocenters. The summed E-state index contributed by atoms with van der Waals surface area (Å²) in [6, 6.07) is 15.7. The molecule has 148 valence electrons. The summed E-state index contributed by atoms with van der Waals surface area (Å²) in [5, 5.41) is 0.504. The van der Waals surface area contributed by atoms with Gasteiger partial charge in [0.05, 0.1) is 5.56 Å². The first-order valence-electron chi connectivity index (χ1n) is 9.74. The maximum Gasteiger partial charge on any atom is 0.419 e. The summed E-state index contributed by atoms with van der Waals surface area (Å²) < 4.78 is 52.7. The standard InChI is InChI=1S/C24H24F4/c1-2-3-4-5-17-6-8-18(9-7-17)10-11-19-12-14-21-20(16-19)13-15-22(23(21)25)24(26,27)28/h6-9,12-16H,2-5,10-11H2,1H3. The number of hydrogen-bond donors (Lipinski definition) is 0. The van der Waals surface area contributed by atoms with Crippen LogP contribution in [0.25, 0.3) is 10.8 Å². The van der Waals surface area contributed by atoms with Crippen LogP contribution in [-0.4, -0.2) is 0 Å². The monoisotopic (exact) mass is 388 g/mol. The van der Waals surface area contributed by atoms with Crippen LogP contribution in [0.2, 0.25) is 0 Å². The molecule has 0 heterocycles. The highest BCUT2D eigenvalue weighted by molar-refractivity contribution is 5.84. The van der Waals surface area contributed by atoms with E-state index in [0.29, 0.717) is 5.39 Å². The number of aryl methyl sites for hydroxylation is 3. The van der Waals surface area contributed by atoms with Gasteiger partial charge >= 0.3 is 6.18 Å². The van der Waals surface area contributed by atoms with Gasteiger partial charge in [0.1, 0.15) is 5.82 Å². The fourth-order valence-electron chi connectivity index (χ4n) is 3.46. The van der Waals surface area contributed by atoms with Gasteiger partial charge in [-0.15, -0.1) is 0 Å². The highest BCUT2D eigenvalue weighted by atomic mass is 19.4. The second-order valence-electron chi connectivity index (χ2n) is 7.25. The van der Waals surface area contributed by atoms with E-state index in [0.717, 1.165) is 30.9 Å². The number of alkyl halides is 3. The summed E-state index contributed by atoms with van der Waals surface area (Å²) in [4.78, 5) is 0. The third-order valence-corrected chi connectivity index (χ3v) is 5.12. The number of fused-ring (bicyclic) bond motifs is 1. The topological polar surface area (TPSA) is 0 Å². The van der Waals surface area contributed by atoms with Crippen LogP contribution in [0, 0.1) is 5.82 Å². The first kappa shape index (κ1) is 20.4. The van der Waals surface area contributed by atoms with Gasteiger partial charge in [0, 0.05) is 5.39 Å². The van der Waals surface area contributed by atoms with Crippen LogP contribution in [0.4, 0.5) is 17.6 Å². The van der Waals surface area contributed by atoms with Crippen LogP contribution in [0.5, 0.6) is 0 Å². The fourth-order valence-corrected chi connectivity index (χ4v) is 3.46. The normalized spacial score (nSPS) is 11.9. The Kier molecular flexibility index (Phi) is 6.38. The summed E-state index contributed by atoms with van der Waals surface area (Å²) in [5.41, 5.74) is 2.34. The van der Waals surface area contributed by atoms with E-state index < -0.39 is 17.6 Å². The second-order valence-corrected chi connectivity index (χ2v) is 7.25. The van der Waals surface area contributed by atoms with Gasteiger partial charge in [0.25, 0.3) is 0 Å². The maximum atomic E-state index is 14.2. The largest absolute Gasteiger partial charge is 0.419 e. The zero-order valence-electron chi connectivity index (χ0n) is 16.0. The third kappa shape index (κ3) is 4.92. The molecule has 0 bridgehead atoms. The van der Waals surface area contributed by atoms with Crippen molar-refractivity contribution in [2.24, 2.45) is 0 Å². The molecule has 0 N–H and O–H groups in total. The molecule has 0 aliphatic carbocycles. The molecule has 0 aromatic heterocycles. The molecule has 0 fully saturated rings. The van der Waals surface area contributed by atoms with E-state index in [1.807, 2.05) is 0 Å². The molecule has 0 nitrogen and oxygen atoms in total. The lowest BCUT2D eigenvalue weighted by Crippen LogP contribution is -2.08. The average Bonchev–Trinajstić information content (AvgIpc) is 2.67. The Hall–Kier alpha value is -2.36. The lowest BCUT2D eigenvalue weighted by molar-refractivity contribution is -0.139. The van der Waals surface area contributed by atoms with Crippen LogP contribution in [0.15, 0.2) is 54.6 Å². The molecule has 0 amide bonds. The second kappa shape index (κ2) is 8.76. The zero-order chi connectivity index (χ0) is 20.1. The Bertz CT molecular complexity index is 924. The third-order valence-electron chi connectivity index (χ3n) is 5.12. The van der Waals surface area contributed by atoms with Gasteiger partial charge in [-0.05, 0) is 53.8 Å². The summed E-state index contributed by atoms with van der Waals surface area (Å²) in [6.45, 7) is 2.19. The number of halogens is 4. The summed E-state index contributed by atoms with van der Waals surface area (Å²) in [7, 11) is 0. The van der Waals surface area contributed by atoms with E-state index in [4.69, 9.17) is 0 Å². The van der Waals surface area contributed by atoms with Crippen LogP contribution >= 0.6 is 0 Å². The van der Waals surface area contributed by atoms with Crippen LogP contribution < -0.4 is 0 Å². The van der Waals surface area contributed by atoms with Crippen molar-refractivity contribution in [3.8, 4) is 0 Å². The molecule has 0 atom stereocenters. The molecule has 0 aliphatic rings. The van der Waals surface area contributed by atoms with Crippen LogP contribution in [0.3, 0.4) is 0 Å². The van der Waals surface area contributed by atoms with Crippen LogP contribution in [-0.2, 0) is 25.4 Å². The first-order valence-corrected chi connectivity index (χ1v) is 9.74. The average molecular weight is 388 g/mol. The maximum absolute atomic E-state index is 14.2. The SMILES string of the molecule is CCCCCc1ccc(CCc2ccc3c(F)c(C(F)(F)F)ccc3c2)cc1. The van der Waals surface area contributed by atoms with E-state index in [1.54, 1.807) is 12.1 Å². The van der Waals surface area contributed by atoms with Gasteiger partial charge < -0.3 is 0 Å². The lowest BCUT2D eigenvalue weighted by atomic mass is 9.98. The molecule has 0 radical (unpaired) electrons. The highest BCUT2D eigenvalue weighted by Gasteiger charge is 2.34. The number of unbranched alkanes of at least 4 members (excludes halogenated alkanes) is 2. The van der Waals surface area contributed by atoms with E-state index in [9.17, 15) is 17.6 Å². The molecule has 0 spiro atoms. The van der Waals surface area contributed by atoms with Crippen molar-refractivity contribution in [2.75, 3.05) is 0 Å². The Morgan fingerprint density at radius 2 is 1.32 bits per heavy atom. The van der Waals surface area contributed by atoms with Crippen molar-refractivity contribution in [3.63, 3.8) is 0 Å². The molecule has 3 rings (SSSR count). The Morgan fingerprint density at radius 3 is 1.96 bits per heavy atom. The van der Waals surface area contributed by atoms with Crippen molar-refractivity contribution < 1.29 is 17.6 Å². The van der Waals surface area contributed by atoms with E-state index in [2.05, 4.69) is 31.2 Å². The minimum absolute atomic E-state index is 0.00927. The molecule has 28 heavy (non-hydrogen) atoms. The molecule has 3 aromatic carbocycles. The smallest absolute Gasteiger partial charge is 0.206 e. The molecular formula is C24H24F4. The van der Waals surface area contributed by atoms with Gasteiger partial charge in [0.2, 0.25) is 0 Å². The van der Waals surface area contributed by atoms with Crippen molar-refractivity contribution in [1.82, 2.24) is 0 Å². The van der Waals surface area contributed by atoms with Crippen molar-refractivity contribution in [3.05, 3.63) is 82.7 Å². The summed E-state index contributed by atoms with van der Waals surface area (Å²) >= 11 is 0. The van der Waals surface area contributed by atoms with E-state index in [1.165, 1.54) is 42.5 Å². The molecule has 3 aromatic rings. The van der Waals surface area contributed by atoms with Crippen molar-refractivity contribution in [1.29, 1.82) is 0 Å². The van der Waals surface area contributed by atoms with Gasteiger partial charge in [-0.1, -0.05) is 68.3 Å². The summed E-state index contributed by atoms with van der Waals surface area (Å²) in [6.07, 6.45) is 1.68. The molecule has 0 aliphatic heterocycles. The molecular weight excluding hydrogens is 364 g/mol. The van der Waals surface area contributed by atoms with Crippen LogP contribution in [0.1, 0.15) is 48.4 Å². The van der Waals surface area contributed by atoms with Gasteiger partial charge in [-0.2, -0.15) is 13.2 Å². The van der Waals surface area contributed by atoms with E-state index >= 15 is 0 Å². The van der Waals surface area contributed by atoms with Gasteiger partial charge in [0.15, 0.2) is 0 Å². The Balaban J connectivity index is 1.68. The van der Waals surface area contributed by atoms with E-state index in [-0.39, 0.29) is 5.39 Å². The van der Waals surface area contributed by atoms with Crippen molar-refractivity contribution in [2.45, 2.75) is 51.6 Å².